The van der Waals surface area contributed by atoms with Gasteiger partial charge in [-0.15, -0.1) is 0 Å². The van der Waals surface area contributed by atoms with Crippen LogP contribution in [-0.2, 0) is 11.3 Å². The molecule has 1 fully saturated rings. The average Bonchev–Trinajstić information content (AvgIpc) is 3.09. The molecule has 21 heavy (non-hydrogen) atoms. The zero-order valence-electron chi connectivity index (χ0n) is 12.2. The number of nitrogens with zero attached hydrogens (tertiary/aromatic N) is 3. The summed E-state index contributed by atoms with van der Waals surface area (Å²) in [4.78, 5) is 14.2. The number of carbonyl (C=O) groups excluding carboxylic acids is 1. The second kappa shape index (κ2) is 5.73. The molecule has 0 radical (unpaired) electrons. The molecule has 2 aromatic heterocycles. The summed E-state index contributed by atoms with van der Waals surface area (Å²) in [5.74, 6) is 1.01. The fourth-order valence-electron chi connectivity index (χ4n) is 2.63. The number of ether oxygens (including phenoxy) is 1. The van der Waals surface area contributed by atoms with E-state index in [1.54, 1.807) is 21.8 Å². The van der Waals surface area contributed by atoms with Gasteiger partial charge in [0.15, 0.2) is 5.76 Å². The number of hydrogen-bond acceptors (Lipinski definition) is 4. The molecule has 0 N–H and O–H groups in total. The molecule has 2 atom stereocenters. The Labute approximate surface area is 123 Å². The predicted octanol–water partition coefficient (Wildman–Crippen LogP) is 1.77. The lowest BCUT2D eigenvalue weighted by atomic mass is 10.2. The number of furan rings is 1. The van der Waals surface area contributed by atoms with Crippen LogP contribution in [0, 0.1) is 0 Å². The fraction of sp³-hybridized carbons (Fsp3) is 0.467. The van der Waals surface area contributed by atoms with Crippen LogP contribution in [0.15, 0.2) is 35.0 Å². The molecular weight excluding hydrogens is 270 g/mol. The van der Waals surface area contributed by atoms with E-state index < -0.39 is 0 Å². The Morgan fingerprint density at radius 2 is 2.10 bits per heavy atom. The van der Waals surface area contributed by atoms with Gasteiger partial charge in [0.05, 0.1) is 18.8 Å². The Morgan fingerprint density at radius 3 is 2.76 bits per heavy atom. The molecule has 112 valence electrons. The summed E-state index contributed by atoms with van der Waals surface area (Å²) in [5, 5.41) is 4.12. The van der Waals surface area contributed by atoms with Crippen molar-refractivity contribution < 1.29 is 13.9 Å². The third-order valence-corrected chi connectivity index (χ3v) is 3.46. The molecule has 6 heteroatoms. The van der Waals surface area contributed by atoms with Gasteiger partial charge in [0, 0.05) is 25.5 Å². The first kappa shape index (κ1) is 13.9. The smallest absolute Gasteiger partial charge is 0.289 e. The van der Waals surface area contributed by atoms with Gasteiger partial charge < -0.3 is 14.1 Å². The van der Waals surface area contributed by atoms with Crippen molar-refractivity contribution in [2.45, 2.75) is 32.6 Å². The molecule has 0 bridgehead atoms. The maximum atomic E-state index is 12.5. The summed E-state index contributed by atoms with van der Waals surface area (Å²) >= 11 is 0. The SMILES string of the molecule is C[C@@H]1CN(C(=O)c2ccc(Cn3cccn3)o2)C[C@H](C)O1. The molecule has 0 aromatic carbocycles. The van der Waals surface area contributed by atoms with Crippen molar-refractivity contribution in [1.29, 1.82) is 0 Å². The molecule has 0 spiro atoms. The molecule has 1 aliphatic heterocycles. The van der Waals surface area contributed by atoms with Crippen LogP contribution < -0.4 is 0 Å². The standard InChI is InChI=1S/C15H19N3O3/c1-11-8-17(9-12(2)20-11)15(19)14-5-4-13(21-14)10-18-7-3-6-16-18/h3-7,11-12H,8-10H2,1-2H3/t11-,12+. The van der Waals surface area contributed by atoms with Gasteiger partial charge in [0.25, 0.3) is 5.91 Å². The van der Waals surface area contributed by atoms with Crippen LogP contribution in [0.1, 0.15) is 30.2 Å². The topological polar surface area (TPSA) is 60.5 Å². The monoisotopic (exact) mass is 289 g/mol. The van der Waals surface area contributed by atoms with E-state index in [9.17, 15) is 4.79 Å². The van der Waals surface area contributed by atoms with Crippen molar-refractivity contribution in [3.8, 4) is 0 Å². The Balaban J connectivity index is 1.69. The Hall–Kier alpha value is -2.08. The van der Waals surface area contributed by atoms with Gasteiger partial charge in [-0.2, -0.15) is 5.10 Å². The predicted molar refractivity (Wildman–Crippen MR) is 75.9 cm³/mol. The number of rotatable bonds is 3. The summed E-state index contributed by atoms with van der Waals surface area (Å²) < 4.78 is 13.0. The van der Waals surface area contributed by atoms with E-state index in [4.69, 9.17) is 9.15 Å². The van der Waals surface area contributed by atoms with Crippen molar-refractivity contribution in [2.24, 2.45) is 0 Å². The van der Waals surface area contributed by atoms with Gasteiger partial charge in [-0.3, -0.25) is 9.48 Å². The van der Waals surface area contributed by atoms with Crippen molar-refractivity contribution in [1.82, 2.24) is 14.7 Å². The van der Waals surface area contributed by atoms with Gasteiger partial charge in [-0.1, -0.05) is 0 Å². The third-order valence-electron chi connectivity index (χ3n) is 3.46. The van der Waals surface area contributed by atoms with Gasteiger partial charge in [-0.05, 0) is 32.0 Å². The van der Waals surface area contributed by atoms with Crippen molar-refractivity contribution in [3.05, 3.63) is 42.1 Å². The second-order valence-electron chi connectivity index (χ2n) is 5.44. The fourth-order valence-corrected chi connectivity index (χ4v) is 2.63. The van der Waals surface area contributed by atoms with Gasteiger partial charge in [-0.25, -0.2) is 0 Å². The lowest BCUT2D eigenvalue weighted by molar-refractivity contribution is -0.0592. The van der Waals surface area contributed by atoms with Crippen molar-refractivity contribution >= 4 is 5.91 Å². The zero-order valence-corrected chi connectivity index (χ0v) is 12.2. The van der Waals surface area contributed by atoms with E-state index in [1.807, 2.05) is 32.2 Å². The van der Waals surface area contributed by atoms with Crippen LogP contribution in [-0.4, -0.2) is 45.9 Å². The van der Waals surface area contributed by atoms with Crippen LogP contribution in [0.3, 0.4) is 0 Å². The van der Waals surface area contributed by atoms with E-state index >= 15 is 0 Å². The van der Waals surface area contributed by atoms with Gasteiger partial charge >= 0.3 is 0 Å². The second-order valence-corrected chi connectivity index (χ2v) is 5.44. The highest BCUT2D eigenvalue weighted by Gasteiger charge is 2.28. The minimum Gasteiger partial charge on any atom is -0.454 e. The van der Waals surface area contributed by atoms with Crippen molar-refractivity contribution in [3.63, 3.8) is 0 Å². The molecule has 0 unspecified atom stereocenters. The largest absolute Gasteiger partial charge is 0.454 e. The Morgan fingerprint density at radius 1 is 1.33 bits per heavy atom. The first-order valence-corrected chi connectivity index (χ1v) is 7.12. The van der Waals surface area contributed by atoms with Crippen LogP contribution in [0.4, 0.5) is 0 Å². The maximum absolute atomic E-state index is 12.5. The van der Waals surface area contributed by atoms with Gasteiger partial charge in [0.2, 0.25) is 0 Å². The maximum Gasteiger partial charge on any atom is 0.289 e. The summed E-state index contributed by atoms with van der Waals surface area (Å²) in [7, 11) is 0. The van der Waals surface area contributed by atoms with Crippen LogP contribution in [0.25, 0.3) is 0 Å². The molecule has 3 heterocycles. The average molecular weight is 289 g/mol. The Kier molecular flexibility index (Phi) is 3.79. The van der Waals surface area contributed by atoms with E-state index in [-0.39, 0.29) is 18.1 Å². The molecule has 0 saturated carbocycles. The van der Waals surface area contributed by atoms with Gasteiger partial charge in [0.1, 0.15) is 5.76 Å². The number of amides is 1. The number of morpholine rings is 1. The molecule has 3 rings (SSSR count). The van der Waals surface area contributed by atoms with E-state index in [0.717, 1.165) is 5.76 Å². The minimum absolute atomic E-state index is 0.0520. The first-order chi connectivity index (χ1) is 10.1. The van der Waals surface area contributed by atoms with Crippen molar-refractivity contribution in [2.75, 3.05) is 13.1 Å². The molecular formula is C15H19N3O3. The molecule has 1 saturated heterocycles. The van der Waals surface area contributed by atoms with Crippen LogP contribution in [0.5, 0.6) is 0 Å². The molecule has 0 aliphatic carbocycles. The van der Waals surface area contributed by atoms with E-state index in [2.05, 4.69) is 5.10 Å². The highest BCUT2D eigenvalue weighted by molar-refractivity contribution is 5.91. The number of carbonyl (C=O) groups is 1. The molecule has 1 aliphatic rings. The lowest BCUT2D eigenvalue weighted by Gasteiger charge is -2.34. The third kappa shape index (κ3) is 3.16. The summed E-state index contributed by atoms with van der Waals surface area (Å²) in [6.07, 6.45) is 3.67. The lowest BCUT2D eigenvalue weighted by Crippen LogP contribution is -2.48. The van der Waals surface area contributed by atoms with E-state index in [0.29, 0.717) is 25.4 Å². The minimum atomic E-state index is -0.0799. The Bertz CT molecular complexity index is 595. The van der Waals surface area contributed by atoms with Crippen LogP contribution >= 0.6 is 0 Å². The quantitative estimate of drug-likeness (QED) is 0.864. The summed E-state index contributed by atoms with van der Waals surface area (Å²) in [6.45, 7) is 5.66. The summed E-state index contributed by atoms with van der Waals surface area (Å²) in [6, 6.07) is 5.40. The molecule has 1 amide bonds. The highest BCUT2D eigenvalue weighted by Crippen LogP contribution is 2.16. The molecule has 2 aromatic rings. The number of aromatic nitrogens is 2. The van der Waals surface area contributed by atoms with Crippen LogP contribution in [0.2, 0.25) is 0 Å². The van der Waals surface area contributed by atoms with E-state index in [1.165, 1.54) is 0 Å². The first-order valence-electron chi connectivity index (χ1n) is 7.12. The highest BCUT2D eigenvalue weighted by atomic mass is 16.5. The normalized spacial score (nSPS) is 22.5. The molecule has 6 nitrogen and oxygen atoms in total. The zero-order chi connectivity index (χ0) is 14.8. The number of hydrogen-bond donors (Lipinski definition) is 0. The summed E-state index contributed by atoms with van der Waals surface area (Å²) in [5.41, 5.74) is 0.